The second-order valence-corrected chi connectivity index (χ2v) is 3.27. The van der Waals surface area contributed by atoms with Gasteiger partial charge in [0.25, 0.3) is 5.69 Å². The molecule has 1 aromatic carbocycles. The number of nitro groups is 1. The third-order valence-corrected chi connectivity index (χ3v) is 1.88. The van der Waals surface area contributed by atoms with Crippen LogP contribution in [0.5, 0.6) is 0 Å². The van der Waals surface area contributed by atoms with Gasteiger partial charge in [-0.1, -0.05) is 6.07 Å². The van der Waals surface area contributed by atoms with E-state index < -0.39 is 11.0 Å². The van der Waals surface area contributed by atoms with Crippen LogP contribution < -0.4 is 21.9 Å². The van der Waals surface area contributed by atoms with Gasteiger partial charge in [-0.25, -0.2) is 10.6 Å². The first-order chi connectivity index (χ1) is 8.02. The molecule has 0 unspecified atom stereocenters. The number of rotatable bonds is 2. The fraction of sp³-hybridized carbons (Fsp3) is 0. The van der Waals surface area contributed by atoms with E-state index in [-0.39, 0.29) is 10.8 Å². The number of nitrogens with two attached hydrogens (primary N) is 1. The number of hydrogen-bond acceptors (Lipinski definition) is 5. The van der Waals surface area contributed by atoms with Gasteiger partial charge < -0.3 is 5.32 Å². The number of nitrogens with one attached hydrogen (secondary N) is 3. The van der Waals surface area contributed by atoms with E-state index in [2.05, 4.69) is 10.6 Å². The average Bonchev–Trinajstić information content (AvgIpc) is 2.28. The Morgan fingerprint density at radius 2 is 2.18 bits per heavy atom. The highest BCUT2D eigenvalue weighted by Gasteiger charge is 2.07. The molecule has 9 heteroatoms. The zero-order chi connectivity index (χ0) is 12.8. The molecule has 8 nitrogen and oxygen atoms in total. The highest BCUT2D eigenvalue weighted by molar-refractivity contribution is 7.80. The Balaban J connectivity index is 2.68. The molecule has 0 fully saturated rings. The quantitative estimate of drug-likeness (QED) is 0.200. The zero-order valence-electron chi connectivity index (χ0n) is 8.47. The van der Waals surface area contributed by atoms with Gasteiger partial charge in [-0.15, -0.1) is 0 Å². The lowest BCUT2D eigenvalue weighted by Crippen LogP contribution is -2.44. The Morgan fingerprint density at radius 3 is 2.76 bits per heavy atom. The summed E-state index contributed by atoms with van der Waals surface area (Å²) in [6, 6.07) is 5.00. The highest BCUT2D eigenvalue weighted by Crippen LogP contribution is 2.16. The summed E-state index contributed by atoms with van der Waals surface area (Å²) < 4.78 is 0. The number of hydrogen-bond donors (Lipinski definition) is 4. The molecule has 1 aromatic rings. The number of nitrogens with zero attached hydrogens (tertiary/aromatic N) is 1. The molecule has 90 valence electrons. The minimum atomic E-state index is -0.687. The average molecular weight is 255 g/mol. The predicted molar refractivity (Wildman–Crippen MR) is 65.2 cm³/mol. The van der Waals surface area contributed by atoms with Crippen molar-refractivity contribution >= 4 is 34.7 Å². The summed E-state index contributed by atoms with van der Waals surface area (Å²) in [7, 11) is 0. The molecule has 0 aliphatic heterocycles. The fourth-order valence-electron chi connectivity index (χ4n) is 0.999. The van der Waals surface area contributed by atoms with Crippen molar-refractivity contribution in [3.63, 3.8) is 0 Å². The van der Waals surface area contributed by atoms with Gasteiger partial charge in [-0.2, -0.15) is 0 Å². The third-order valence-electron chi connectivity index (χ3n) is 1.67. The molecule has 0 saturated heterocycles. The summed E-state index contributed by atoms with van der Waals surface area (Å²) in [5, 5.41) is 15.3. The lowest BCUT2D eigenvalue weighted by Gasteiger charge is -2.08. The third kappa shape index (κ3) is 4.01. The van der Waals surface area contributed by atoms with Gasteiger partial charge in [0.1, 0.15) is 0 Å². The first-order valence-electron chi connectivity index (χ1n) is 4.36. The Kier molecular flexibility index (Phi) is 4.31. The van der Waals surface area contributed by atoms with E-state index in [1.165, 1.54) is 18.2 Å². The molecule has 0 spiro atoms. The van der Waals surface area contributed by atoms with Crippen LogP contribution in [0.3, 0.4) is 0 Å². The van der Waals surface area contributed by atoms with Crippen molar-refractivity contribution < 1.29 is 9.72 Å². The molecule has 0 aliphatic carbocycles. The molecular formula is C8H9N5O3S. The van der Waals surface area contributed by atoms with Gasteiger partial charge in [-0.3, -0.25) is 20.9 Å². The van der Waals surface area contributed by atoms with Crippen LogP contribution in [0.15, 0.2) is 24.3 Å². The van der Waals surface area contributed by atoms with Gasteiger partial charge in [0.2, 0.25) is 0 Å². The van der Waals surface area contributed by atoms with Crippen LogP contribution in [0.1, 0.15) is 0 Å². The summed E-state index contributed by atoms with van der Waals surface area (Å²) in [6.07, 6.45) is 0. The zero-order valence-corrected chi connectivity index (χ0v) is 9.28. The van der Waals surface area contributed by atoms with Crippen LogP contribution >= 0.6 is 12.2 Å². The number of urea groups is 1. The van der Waals surface area contributed by atoms with E-state index in [1.54, 1.807) is 6.07 Å². The Bertz CT molecular complexity index is 464. The topological polar surface area (TPSA) is 122 Å². The number of non-ortho nitro benzene ring substituents is 1. The van der Waals surface area contributed by atoms with Crippen molar-refractivity contribution in [3.05, 3.63) is 34.4 Å². The van der Waals surface area contributed by atoms with E-state index >= 15 is 0 Å². The first kappa shape index (κ1) is 12.8. The van der Waals surface area contributed by atoms with Gasteiger partial charge >= 0.3 is 6.03 Å². The predicted octanol–water partition coefficient (Wildman–Crippen LogP) is 0.464. The SMILES string of the molecule is NNC(=O)NC(=S)Nc1cccc([N+](=O)[O-])c1. The molecule has 0 atom stereocenters. The summed E-state index contributed by atoms with van der Waals surface area (Å²) >= 11 is 4.78. The van der Waals surface area contributed by atoms with Crippen LogP contribution in [0.2, 0.25) is 0 Å². The first-order valence-corrected chi connectivity index (χ1v) is 4.77. The fourth-order valence-corrected chi connectivity index (χ4v) is 1.21. The van der Waals surface area contributed by atoms with E-state index in [0.717, 1.165) is 0 Å². The van der Waals surface area contributed by atoms with Crippen LogP contribution in [-0.2, 0) is 0 Å². The number of hydrazine groups is 1. The number of benzene rings is 1. The number of carbonyl (C=O) groups excluding carboxylic acids is 1. The molecule has 0 heterocycles. The number of amides is 2. The van der Waals surface area contributed by atoms with Gasteiger partial charge in [0.15, 0.2) is 5.11 Å². The normalized spacial score (nSPS) is 9.24. The lowest BCUT2D eigenvalue weighted by atomic mass is 10.3. The molecule has 0 aliphatic rings. The number of carbonyl (C=O) groups is 1. The monoisotopic (exact) mass is 255 g/mol. The Labute approximate surface area is 101 Å². The van der Waals surface area contributed by atoms with Crippen molar-refractivity contribution in [1.82, 2.24) is 10.7 Å². The summed E-state index contributed by atoms with van der Waals surface area (Å²) in [5.74, 6) is 4.84. The smallest absolute Gasteiger partial charge is 0.332 e. The van der Waals surface area contributed by atoms with Crippen LogP contribution in [0.25, 0.3) is 0 Å². The molecule has 5 N–H and O–H groups in total. The van der Waals surface area contributed by atoms with Crippen molar-refractivity contribution in [2.45, 2.75) is 0 Å². The van der Waals surface area contributed by atoms with Gasteiger partial charge in [-0.05, 0) is 18.3 Å². The molecule has 2 amide bonds. The van der Waals surface area contributed by atoms with Crippen molar-refractivity contribution in [3.8, 4) is 0 Å². The largest absolute Gasteiger partial charge is 0.335 e. The number of thiocarbonyl (C=S) groups is 1. The van der Waals surface area contributed by atoms with Crippen LogP contribution in [-0.4, -0.2) is 16.1 Å². The maximum absolute atomic E-state index is 10.8. The van der Waals surface area contributed by atoms with E-state index in [1.807, 2.05) is 5.43 Å². The maximum Gasteiger partial charge on any atom is 0.335 e. The molecule has 1 rings (SSSR count). The highest BCUT2D eigenvalue weighted by atomic mass is 32.1. The minimum absolute atomic E-state index is 0.0200. The summed E-state index contributed by atoms with van der Waals surface area (Å²) in [4.78, 5) is 20.8. The van der Waals surface area contributed by atoms with Gasteiger partial charge in [0.05, 0.1) is 4.92 Å². The lowest BCUT2D eigenvalue weighted by molar-refractivity contribution is -0.384. The second kappa shape index (κ2) is 5.72. The Morgan fingerprint density at radius 1 is 1.47 bits per heavy atom. The van der Waals surface area contributed by atoms with Crippen LogP contribution in [0.4, 0.5) is 16.2 Å². The van der Waals surface area contributed by atoms with E-state index in [0.29, 0.717) is 5.69 Å². The number of nitro benzene ring substituents is 1. The maximum atomic E-state index is 10.8. The van der Waals surface area contributed by atoms with E-state index in [4.69, 9.17) is 18.1 Å². The number of anilines is 1. The molecule has 0 aromatic heterocycles. The van der Waals surface area contributed by atoms with Crippen molar-refractivity contribution in [2.24, 2.45) is 5.84 Å². The molecule has 0 bridgehead atoms. The molecule has 0 saturated carbocycles. The minimum Gasteiger partial charge on any atom is -0.332 e. The standard InChI is InChI=1S/C8H9N5O3S/c9-12-7(14)11-8(17)10-5-2-1-3-6(4-5)13(15)16/h1-4H,9H2,(H3,10,11,12,14,17). The van der Waals surface area contributed by atoms with E-state index in [9.17, 15) is 14.9 Å². The van der Waals surface area contributed by atoms with Crippen molar-refractivity contribution in [1.29, 1.82) is 0 Å². The second-order valence-electron chi connectivity index (χ2n) is 2.86. The van der Waals surface area contributed by atoms with Gasteiger partial charge in [0, 0.05) is 17.8 Å². The molecule has 17 heavy (non-hydrogen) atoms. The Hall–Kier alpha value is -2.26. The summed E-state index contributed by atoms with van der Waals surface area (Å²) in [6.45, 7) is 0. The van der Waals surface area contributed by atoms with Crippen molar-refractivity contribution in [2.75, 3.05) is 5.32 Å². The molecule has 0 radical (unpaired) electrons. The molecular weight excluding hydrogens is 246 g/mol. The van der Waals surface area contributed by atoms with Crippen LogP contribution in [0, 0.1) is 10.1 Å². The summed E-state index contributed by atoms with van der Waals surface area (Å²) in [5.41, 5.74) is 2.13.